The summed E-state index contributed by atoms with van der Waals surface area (Å²) in [6, 6.07) is 12.9. The molecule has 1 aliphatic carbocycles. The standard InChI is InChI=1S/C24H27N3O4/c1-22(12-23(2)14-24(3,13-22)21(31)27(4)20(23)30)19(29)26-25-18(28)17-11-7-9-15-8-5-6-10-16(15)17/h5-11H,12-14H2,1-4H3,(H,25,28)(H,26,29). The Bertz CT molecular complexity index is 1090. The minimum Gasteiger partial charge on any atom is -0.285 e. The predicted octanol–water partition coefficient (Wildman–Crippen LogP) is 2.80. The van der Waals surface area contributed by atoms with Crippen LogP contribution >= 0.6 is 0 Å². The van der Waals surface area contributed by atoms with Crippen molar-refractivity contribution in [1.82, 2.24) is 15.8 Å². The number of likely N-dealkylation sites (tertiary alicyclic amines) is 1. The fourth-order valence-electron chi connectivity index (χ4n) is 5.89. The predicted molar refractivity (Wildman–Crippen MR) is 116 cm³/mol. The molecule has 0 aromatic heterocycles. The SMILES string of the molecule is CN1C(=O)C2(C)CC(C)(C(=O)NNC(=O)c3cccc4ccccc34)CC(C)(C2)C1=O. The summed E-state index contributed by atoms with van der Waals surface area (Å²) in [7, 11) is 1.51. The number of rotatable bonds is 2. The van der Waals surface area contributed by atoms with Crippen molar-refractivity contribution >= 4 is 34.4 Å². The maximum absolute atomic E-state index is 13.2. The molecule has 2 fully saturated rings. The highest BCUT2D eigenvalue weighted by Gasteiger charge is 2.62. The molecular weight excluding hydrogens is 394 g/mol. The molecule has 2 aromatic rings. The Morgan fingerprint density at radius 1 is 0.839 bits per heavy atom. The van der Waals surface area contributed by atoms with E-state index in [1.807, 2.05) is 44.2 Å². The van der Waals surface area contributed by atoms with Gasteiger partial charge >= 0.3 is 0 Å². The number of hydrazine groups is 1. The molecule has 2 N–H and O–H groups in total. The summed E-state index contributed by atoms with van der Waals surface area (Å²) in [5, 5.41) is 1.71. The lowest BCUT2D eigenvalue weighted by Crippen LogP contribution is -2.64. The summed E-state index contributed by atoms with van der Waals surface area (Å²) in [6.07, 6.45) is 1.04. The van der Waals surface area contributed by atoms with Crippen LogP contribution < -0.4 is 10.9 Å². The average molecular weight is 421 g/mol. The van der Waals surface area contributed by atoms with Crippen LogP contribution in [0.2, 0.25) is 0 Å². The Kier molecular flexibility index (Phi) is 4.68. The first-order valence-electron chi connectivity index (χ1n) is 10.4. The number of carbonyl (C=O) groups is 4. The Labute approximate surface area is 181 Å². The van der Waals surface area contributed by atoms with Crippen molar-refractivity contribution in [2.45, 2.75) is 40.0 Å². The van der Waals surface area contributed by atoms with Gasteiger partial charge in [0.25, 0.3) is 5.91 Å². The van der Waals surface area contributed by atoms with Gasteiger partial charge in [0.1, 0.15) is 0 Å². The van der Waals surface area contributed by atoms with E-state index in [4.69, 9.17) is 0 Å². The van der Waals surface area contributed by atoms with Crippen molar-refractivity contribution < 1.29 is 19.2 Å². The van der Waals surface area contributed by atoms with Gasteiger partial charge in [-0.15, -0.1) is 0 Å². The van der Waals surface area contributed by atoms with Gasteiger partial charge in [0, 0.05) is 23.4 Å². The zero-order valence-electron chi connectivity index (χ0n) is 18.2. The first-order valence-corrected chi connectivity index (χ1v) is 10.4. The van der Waals surface area contributed by atoms with Gasteiger partial charge in [0.05, 0.1) is 5.41 Å². The maximum atomic E-state index is 13.2. The second-order valence-corrected chi connectivity index (χ2v) is 9.82. The minimum atomic E-state index is -0.972. The topological polar surface area (TPSA) is 95.6 Å². The van der Waals surface area contributed by atoms with Gasteiger partial charge in [0.2, 0.25) is 17.7 Å². The molecule has 2 aliphatic rings. The molecule has 31 heavy (non-hydrogen) atoms. The van der Waals surface area contributed by atoms with Crippen molar-refractivity contribution in [2.75, 3.05) is 7.05 Å². The first kappa shape index (κ1) is 21.0. The van der Waals surface area contributed by atoms with E-state index in [-0.39, 0.29) is 11.8 Å². The summed E-state index contributed by atoms with van der Waals surface area (Å²) in [6.45, 7) is 5.39. The molecule has 0 spiro atoms. The number of benzene rings is 2. The summed E-state index contributed by atoms with van der Waals surface area (Å²) in [5.74, 6) is -1.33. The Hall–Kier alpha value is -3.22. The third kappa shape index (κ3) is 3.28. The zero-order valence-corrected chi connectivity index (χ0v) is 18.2. The van der Waals surface area contributed by atoms with Crippen LogP contribution in [-0.4, -0.2) is 35.6 Å². The second-order valence-electron chi connectivity index (χ2n) is 9.82. The largest absolute Gasteiger partial charge is 0.285 e. The molecule has 0 radical (unpaired) electrons. The van der Waals surface area contributed by atoms with Crippen molar-refractivity contribution in [1.29, 1.82) is 0 Å². The Morgan fingerprint density at radius 3 is 2.06 bits per heavy atom. The van der Waals surface area contributed by atoms with Crippen molar-refractivity contribution in [2.24, 2.45) is 16.2 Å². The van der Waals surface area contributed by atoms with E-state index in [1.54, 1.807) is 19.1 Å². The van der Waals surface area contributed by atoms with Gasteiger partial charge in [-0.25, -0.2) is 0 Å². The van der Waals surface area contributed by atoms with Gasteiger partial charge in [-0.05, 0) is 36.1 Å². The summed E-state index contributed by atoms with van der Waals surface area (Å²) in [4.78, 5) is 52.7. The molecular formula is C24H27N3O4. The molecule has 1 heterocycles. The third-order valence-electron chi connectivity index (χ3n) is 6.85. The molecule has 1 saturated carbocycles. The molecule has 7 nitrogen and oxygen atoms in total. The van der Waals surface area contributed by atoms with Crippen LogP contribution in [0.1, 0.15) is 50.4 Å². The molecule has 1 aliphatic heterocycles. The number of amides is 4. The Balaban J connectivity index is 1.54. The van der Waals surface area contributed by atoms with Gasteiger partial charge < -0.3 is 0 Å². The molecule has 2 atom stereocenters. The van der Waals surface area contributed by atoms with E-state index < -0.39 is 28.1 Å². The van der Waals surface area contributed by atoms with Crippen LogP contribution in [0.25, 0.3) is 10.8 Å². The minimum absolute atomic E-state index is 0.256. The van der Waals surface area contributed by atoms with Crippen LogP contribution in [0, 0.1) is 16.2 Å². The highest BCUT2D eigenvalue weighted by atomic mass is 16.2. The lowest BCUT2D eigenvalue weighted by atomic mass is 9.51. The zero-order chi connectivity index (χ0) is 22.6. The molecule has 4 amide bonds. The number of fused-ring (bicyclic) bond motifs is 3. The van der Waals surface area contributed by atoms with Crippen molar-refractivity contribution in [3.05, 3.63) is 48.0 Å². The summed E-state index contributed by atoms with van der Waals surface area (Å²) >= 11 is 0. The van der Waals surface area contributed by atoms with Gasteiger partial charge in [-0.1, -0.05) is 57.2 Å². The van der Waals surface area contributed by atoms with E-state index in [0.29, 0.717) is 24.8 Å². The number of imide groups is 1. The summed E-state index contributed by atoms with van der Waals surface area (Å²) < 4.78 is 0. The number of carbonyl (C=O) groups excluding carboxylic acids is 4. The Morgan fingerprint density at radius 2 is 1.42 bits per heavy atom. The molecule has 162 valence electrons. The van der Waals surface area contributed by atoms with E-state index in [9.17, 15) is 19.2 Å². The van der Waals surface area contributed by atoms with Gasteiger partial charge in [-0.3, -0.25) is 34.9 Å². The number of hydrogen-bond acceptors (Lipinski definition) is 4. The van der Waals surface area contributed by atoms with Crippen LogP contribution in [0.4, 0.5) is 0 Å². The quantitative estimate of drug-likeness (QED) is 0.576. The van der Waals surface area contributed by atoms with E-state index in [0.717, 1.165) is 10.8 Å². The second kappa shape index (κ2) is 6.90. The molecule has 7 heteroatoms. The first-order chi connectivity index (χ1) is 14.5. The van der Waals surface area contributed by atoms with Gasteiger partial charge in [0.15, 0.2) is 0 Å². The molecule has 4 rings (SSSR count). The van der Waals surface area contributed by atoms with Crippen LogP contribution in [-0.2, 0) is 14.4 Å². The van der Waals surface area contributed by atoms with Crippen LogP contribution in [0.15, 0.2) is 42.5 Å². The number of nitrogens with one attached hydrogen (secondary N) is 2. The van der Waals surface area contributed by atoms with Crippen LogP contribution in [0.5, 0.6) is 0 Å². The fourth-order valence-corrected chi connectivity index (χ4v) is 5.89. The fraction of sp³-hybridized carbons (Fsp3) is 0.417. The smallest absolute Gasteiger partial charge is 0.270 e. The number of hydrogen-bond donors (Lipinski definition) is 2. The van der Waals surface area contributed by atoms with E-state index in [1.165, 1.54) is 11.9 Å². The maximum Gasteiger partial charge on any atom is 0.270 e. The van der Waals surface area contributed by atoms with Gasteiger partial charge in [-0.2, -0.15) is 0 Å². The van der Waals surface area contributed by atoms with Crippen LogP contribution in [0.3, 0.4) is 0 Å². The molecule has 2 bridgehead atoms. The monoisotopic (exact) mass is 421 g/mol. The van der Waals surface area contributed by atoms with E-state index in [2.05, 4.69) is 10.9 Å². The highest BCUT2D eigenvalue weighted by molar-refractivity contribution is 6.08. The van der Waals surface area contributed by atoms with Crippen molar-refractivity contribution in [3.8, 4) is 0 Å². The molecule has 1 saturated heterocycles. The highest BCUT2D eigenvalue weighted by Crippen LogP contribution is 2.58. The molecule has 2 aromatic carbocycles. The molecule has 2 unspecified atom stereocenters. The third-order valence-corrected chi connectivity index (χ3v) is 6.85. The number of nitrogens with zero attached hydrogens (tertiary/aromatic N) is 1. The van der Waals surface area contributed by atoms with E-state index >= 15 is 0 Å². The number of piperidine rings is 1. The lowest BCUT2D eigenvalue weighted by molar-refractivity contribution is -0.178. The average Bonchev–Trinajstić information content (AvgIpc) is 2.73. The lowest BCUT2D eigenvalue weighted by Gasteiger charge is -2.55. The van der Waals surface area contributed by atoms with Crippen molar-refractivity contribution in [3.63, 3.8) is 0 Å². The summed E-state index contributed by atoms with van der Waals surface area (Å²) in [5.41, 5.74) is 2.94. The normalized spacial score (nSPS) is 30.3.